The van der Waals surface area contributed by atoms with Gasteiger partial charge in [-0.2, -0.15) is 12.3 Å². The van der Waals surface area contributed by atoms with Crippen molar-refractivity contribution in [3.05, 3.63) is 36.0 Å². The van der Waals surface area contributed by atoms with Crippen LogP contribution in [0.2, 0.25) is 0 Å². The van der Waals surface area contributed by atoms with Gasteiger partial charge >= 0.3 is 0 Å². The molecule has 0 aromatic carbocycles. The molecule has 0 aliphatic carbocycles. The molecule has 3 atom stereocenters. The van der Waals surface area contributed by atoms with E-state index in [4.69, 9.17) is 0 Å². The van der Waals surface area contributed by atoms with E-state index in [1.807, 2.05) is 0 Å². The topological polar surface area (TPSA) is 75.4 Å². The van der Waals surface area contributed by atoms with Crippen LogP contribution in [0.15, 0.2) is 17.2 Å². The maximum absolute atomic E-state index is 12.4. The predicted octanol–water partition coefficient (Wildman–Crippen LogP) is 1.03. The van der Waals surface area contributed by atoms with Gasteiger partial charge in [-0.05, 0) is 0 Å². The van der Waals surface area contributed by atoms with E-state index in [1.165, 1.54) is 34.3 Å². The first kappa shape index (κ1) is 18.3. The Labute approximate surface area is 165 Å². The third kappa shape index (κ3) is 2.47. The van der Waals surface area contributed by atoms with Crippen LogP contribution in [0.1, 0.15) is 18.7 Å². The molecule has 0 bridgehead atoms. The second-order valence-electron chi connectivity index (χ2n) is 4.81. The fraction of sp³-hybridized carbons (Fsp3) is 0.385. The summed E-state index contributed by atoms with van der Waals surface area (Å²) in [7, 11) is 0. The predicted molar refractivity (Wildman–Crippen MR) is 80.0 cm³/mol. The van der Waals surface area contributed by atoms with E-state index in [0.29, 0.717) is 17.9 Å². The Hall–Kier alpha value is -0.0161. The van der Waals surface area contributed by atoms with Crippen molar-refractivity contribution < 1.29 is 47.4 Å². The monoisotopic (exact) mass is 458 g/mol. The number of β-lactam (4-membered cyclic amide) rings is 1. The van der Waals surface area contributed by atoms with Crippen molar-refractivity contribution in [3.63, 3.8) is 0 Å². The van der Waals surface area contributed by atoms with Crippen LogP contribution in [-0.4, -0.2) is 41.2 Å². The zero-order chi connectivity index (χ0) is 15.4. The number of thioether (sulfide) groups is 1. The summed E-state index contributed by atoms with van der Waals surface area (Å²) in [5, 5.41) is 15.9. The summed E-state index contributed by atoms with van der Waals surface area (Å²) in [5.74, 6) is -0.507. The molecule has 1 radical (unpaired) electrons. The molecule has 3 heterocycles. The molecule has 1 fully saturated rings. The van der Waals surface area contributed by atoms with Gasteiger partial charge in [-0.3, -0.25) is 19.6 Å². The molecule has 1 saturated heterocycles. The molecule has 1 N–H and O–H groups in total. The van der Waals surface area contributed by atoms with Crippen LogP contribution in [0.4, 0.5) is 0 Å². The molecule has 0 saturated carbocycles. The van der Waals surface area contributed by atoms with Crippen LogP contribution in [0, 0.1) is 13.1 Å². The molecule has 6 nitrogen and oxygen atoms in total. The van der Waals surface area contributed by atoms with Gasteiger partial charge in [0.05, 0.1) is 11.8 Å². The summed E-state index contributed by atoms with van der Waals surface area (Å²) in [6, 6.07) is 1.54. The van der Waals surface area contributed by atoms with E-state index < -0.39 is 10.4 Å². The van der Waals surface area contributed by atoms with Gasteiger partial charge in [0.2, 0.25) is 5.91 Å². The number of Topliss-reactive ketones (excluding diaryl/α,β-unsaturated/α-hetero) is 1. The number of allylic oxidation sites excluding steroid dienone is 1. The molecule has 2 unspecified atom stereocenters. The van der Waals surface area contributed by atoms with Gasteiger partial charge in [0.1, 0.15) is 5.37 Å². The molecule has 2 aliphatic heterocycles. The first-order chi connectivity index (χ1) is 9.91. The van der Waals surface area contributed by atoms with E-state index >= 15 is 0 Å². The van der Waals surface area contributed by atoms with Gasteiger partial charge in [-0.25, -0.2) is 0 Å². The number of nitrogens with zero attached hydrogens (tertiary/aromatic N) is 3. The van der Waals surface area contributed by atoms with E-state index in [0.717, 1.165) is 0 Å². The number of rotatable bonds is 4. The number of ketones is 1. The number of carbonyl (C=O) groups excluding carboxylic acids is 2. The molecule has 9 heteroatoms. The first-order valence-corrected chi connectivity index (χ1v) is 7.96. The van der Waals surface area contributed by atoms with Crippen LogP contribution >= 0.6 is 27.7 Å². The molecule has 1 aromatic heterocycles. The number of aromatic nitrogens is 2. The zero-order valence-corrected chi connectivity index (χ0v) is 16.9. The minimum absolute atomic E-state index is 0. The second kappa shape index (κ2) is 6.47. The fourth-order valence-corrected chi connectivity index (χ4v) is 4.66. The van der Waals surface area contributed by atoms with Crippen molar-refractivity contribution >= 4 is 39.4 Å². The maximum Gasteiger partial charge on any atom is 0.249 e. The minimum Gasteiger partial charge on any atom is -0.406 e. The number of hydrogen-bond donors (Lipinski definition) is 1. The number of halogens is 1. The van der Waals surface area contributed by atoms with Gasteiger partial charge in [-0.1, -0.05) is 21.6 Å². The van der Waals surface area contributed by atoms with E-state index in [1.54, 1.807) is 5.41 Å². The standard InChI is InChI=1S/C13H12BrN3O3S.Y/c1-3-16-5-4-8(15-16)10(19)13(14)11(20)17-9(7(2)18)6-21-12(13)17;/h4,6,10,12,19H,1,3H2,2H3;/q-2;/t10?,12-,13?;/m1./s1. The Morgan fingerprint density at radius 1 is 1.73 bits per heavy atom. The van der Waals surface area contributed by atoms with E-state index in [9.17, 15) is 14.7 Å². The van der Waals surface area contributed by atoms with Crippen molar-refractivity contribution in [2.75, 3.05) is 0 Å². The second-order valence-corrected chi connectivity index (χ2v) is 7.08. The maximum atomic E-state index is 12.4. The van der Waals surface area contributed by atoms with Crippen molar-refractivity contribution in [3.8, 4) is 0 Å². The molecule has 2 aliphatic rings. The number of carbonyl (C=O) groups is 2. The van der Waals surface area contributed by atoms with Crippen LogP contribution in [-0.2, 0) is 48.8 Å². The molecular formula is C13H12BrN3O3SY-2. The third-order valence-corrected chi connectivity index (χ3v) is 6.27. The molecule has 0 spiro atoms. The van der Waals surface area contributed by atoms with Crippen molar-refractivity contribution in [1.82, 2.24) is 14.7 Å². The number of aliphatic hydroxyl groups excluding tert-OH is 1. The van der Waals surface area contributed by atoms with Gasteiger partial charge < -0.3 is 16.7 Å². The Balaban J connectivity index is 0.00000176. The molecular weight excluding hydrogens is 447 g/mol. The van der Waals surface area contributed by atoms with Crippen LogP contribution < -0.4 is 0 Å². The summed E-state index contributed by atoms with van der Waals surface area (Å²) >= 11 is 4.70. The minimum atomic E-state index is -1.18. The number of fused-ring (bicyclic) bond motifs is 1. The number of aliphatic hydroxyl groups is 1. The van der Waals surface area contributed by atoms with Crippen LogP contribution in [0.3, 0.4) is 0 Å². The fourth-order valence-electron chi connectivity index (χ4n) is 2.41. The summed E-state index contributed by atoms with van der Waals surface area (Å²) in [6.07, 6.45) is 1.70. The number of hydrogen-bond acceptors (Lipinski definition) is 5. The molecule has 3 rings (SSSR count). The van der Waals surface area contributed by atoms with Crippen molar-refractivity contribution in [1.29, 1.82) is 0 Å². The summed E-state index contributed by atoms with van der Waals surface area (Å²) < 4.78 is 0.274. The van der Waals surface area contributed by atoms with Crippen molar-refractivity contribution in [2.45, 2.75) is 29.3 Å². The SMILES string of the molecule is [CH2-]Cn1[c-]cc(C(O)C2(Br)C(=O)N3C(C(C)=O)=CS[C@@H]32)n1.[Y]. The average Bonchev–Trinajstić information content (AvgIpc) is 3.10. The Kier molecular flexibility index (Phi) is 5.39. The first-order valence-electron chi connectivity index (χ1n) is 6.23. The smallest absolute Gasteiger partial charge is 0.249 e. The Morgan fingerprint density at radius 3 is 2.95 bits per heavy atom. The zero-order valence-electron chi connectivity index (χ0n) is 11.7. The van der Waals surface area contributed by atoms with Gasteiger partial charge in [0.15, 0.2) is 10.1 Å². The summed E-state index contributed by atoms with van der Waals surface area (Å²) in [6.45, 7) is 5.47. The molecule has 1 amide bonds. The van der Waals surface area contributed by atoms with Crippen LogP contribution in [0.5, 0.6) is 0 Å². The normalized spacial score (nSPS) is 27.6. The largest absolute Gasteiger partial charge is 0.406 e. The average molecular weight is 459 g/mol. The van der Waals surface area contributed by atoms with E-state index in [-0.39, 0.29) is 49.8 Å². The van der Waals surface area contributed by atoms with Gasteiger partial charge in [0, 0.05) is 45.0 Å². The molecule has 115 valence electrons. The Bertz CT molecular complexity index is 665. The molecule has 22 heavy (non-hydrogen) atoms. The third-order valence-electron chi connectivity index (χ3n) is 3.56. The molecule has 1 aromatic rings. The van der Waals surface area contributed by atoms with Gasteiger partial charge in [0.25, 0.3) is 0 Å². The number of amides is 1. The van der Waals surface area contributed by atoms with Gasteiger partial charge in [-0.15, -0.1) is 18.3 Å². The van der Waals surface area contributed by atoms with Crippen LogP contribution in [0.25, 0.3) is 0 Å². The summed E-state index contributed by atoms with van der Waals surface area (Å²) in [5.41, 5.74) is 0.715. The Morgan fingerprint density at radius 2 is 2.41 bits per heavy atom. The number of alkyl halides is 1. The van der Waals surface area contributed by atoms with Crippen molar-refractivity contribution in [2.24, 2.45) is 0 Å². The van der Waals surface area contributed by atoms with E-state index in [2.05, 4.69) is 34.1 Å². The summed E-state index contributed by atoms with van der Waals surface area (Å²) in [4.78, 5) is 25.3. The quantitative estimate of drug-likeness (QED) is 0.414.